The molecule has 0 fully saturated rings. The van der Waals surface area contributed by atoms with Crippen LogP contribution >= 0.6 is 23.2 Å². The maximum absolute atomic E-state index is 12.3. The van der Waals surface area contributed by atoms with Gasteiger partial charge in [-0.15, -0.1) is 0 Å². The highest BCUT2D eigenvalue weighted by Crippen LogP contribution is 2.26. The van der Waals surface area contributed by atoms with Gasteiger partial charge in [-0.1, -0.05) is 53.5 Å². The smallest absolute Gasteiger partial charge is 0.262 e. The largest absolute Gasteiger partial charge is 0.484 e. The Morgan fingerprint density at radius 2 is 1.68 bits per heavy atom. The molecule has 0 aliphatic rings. The van der Waals surface area contributed by atoms with Gasteiger partial charge in [-0.25, -0.2) is 8.42 Å². The lowest BCUT2D eigenvalue weighted by molar-refractivity contribution is -0.118. The third-order valence-electron chi connectivity index (χ3n) is 4.27. The van der Waals surface area contributed by atoms with Gasteiger partial charge in [0, 0.05) is 5.02 Å². The Balaban J connectivity index is 1.64. The maximum atomic E-state index is 12.3. The fourth-order valence-electron chi connectivity index (χ4n) is 2.79. The van der Waals surface area contributed by atoms with Crippen LogP contribution in [0, 0.1) is 0 Å². The van der Waals surface area contributed by atoms with Crippen molar-refractivity contribution in [3.63, 3.8) is 0 Å². The summed E-state index contributed by atoms with van der Waals surface area (Å²) in [6.45, 7) is -0.0370. The summed E-state index contributed by atoms with van der Waals surface area (Å²) >= 11 is 11.9. The number of anilines is 2. The van der Waals surface area contributed by atoms with Gasteiger partial charge in [0.25, 0.3) is 5.91 Å². The van der Waals surface area contributed by atoms with Crippen LogP contribution in [0.25, 0.3) is 0 Å². The minimum Gasteiger partial charge on any atom is -0.484 e. The fraction of sp³-hybridized carbons (Fsp3) is 0.136. The van der Waals surface area contributed by atoms with Gasteiger partial charge in [-0.05, 0) is 48.0 Å². The van der Waals surface area contributed by atoms with E-state index in [9.17, 15) is 13.2 Å². The van der Waals surface area contributed by atoms with Crippen LogP contribution in [-0.2, 0) is 21.4 Å². The summed E-state index contributed by atoms with van der Waals surface area (Å²) in [5.41, 5.74) is 1.75. The highest BCUT2D eigenvalue weighted by molar-refractivity contribution is 7.92. The zero-order valence-electron chi connectivity index (χ0n) is 16.6. The standard InChI is InChI=1S/C22H20Cl2N2O4S/c1-31(28,29)26(14-16-5-3-2-4-6-16)18-8-10-19(11-9-18)30-15-22(27)25-21-13-17(23)7-12-20(21)24/h2-13H,14-15H2,1H3,(H,25,27). The average Bonchev–Trinajstić information content (AvgIpc) is 2.74. The Bertz CT molecular complexity index is 1150. The molecular weight excluding hydrogens is 459 g/mol. The predicted octanol–water partition coefficient (Wildman–Crippen LogP) is 4.98. The van der Waals surface area contributed by atoms with E-state index in [1.807, 2.05) is 30.3 Å². The monoisotopic (exact) mass is 478 g/mol. The number of rotatable bonds is 8. The highest BCUT2D eigenvalue weighted by Gasteiger charge is 2.18. The average molecular weight is 479 g/mol. The van der Waals surface area contributed by atoms with Gasteiger partial charge in [0.2, 0.25) is 10.0 Å². The van der Waals surface area contributed by atoms with Crippen molar-refractivity contribution in [2.45, 2.75) is 6.54 Å². The number of halogens is 2. The lowest BCUT2D eigenvalue weighted by Gasteiger charge is -2.22. The Hall–Kier alpha value is -2.74. The molecule has 0 saturated heterocycles. The van der Waals surface area contributed by atoms with Crippen LogP contribution < -0.4 is 14.4 Å². The van der Waals surface area contributed by atoms with E-state index in [0.717, 1.165) is 11.8 Å². The molecule has 1 N–H and O–H groups in total. The first-order chi connectivity index (χ1) is 14.7. The number of carbonyl (C=O) groups excluding carboxylic acids is 1. The van der Waals surface area contributed by atoms with E-state index in [1.165, 1.54) is 4.31 Å². The van der Waals surface area contributed by atoms with E-state index in [1.54, 1.807) is 42.5 Å². The SMILES string of the molecule is CS(=O)(=O)N(Cc1ccccc1)c1ccc(OCC(=O)Nc2cc(Cl)ccc2Cl)cc1. The number of ether oxygens (including phenoxy) is 1. The van der Waals surface area contributed by atoms with Crippen molar-refractivity contribution in [1.82, 2.24) is 0 Å². The van der Waals surface area contributed by atoms with Crippen molar-refractivity contribution in [3.8, 4) is 5.75 Å². The second-order valence-corrected chi connectivity index (χ2v) is 9.46. The summed E-state index contributed by atoms with van der Waals surface area (Å²) in [4.78, 5) is 12.1. The predicted molar refractivity (Wildman–Crippen MR) is 124 cm³/mol. The lowest BCUT2D eigenvalue weighted by atomic mass is 10.2. The molecule has 0 radical (unpaired) electrons. The second kappa shape index (κ2) is 10.0. The van der Waals surface area contributed by atoms with Crippen molar-refractivity contribution in [2.75, 3.05) is 22.5 Å². The van der Waals surface area contributed by atoms with Crippen LogP contribution in [0.2, 0.25) is 10.0 Å². The summed E-state index contributed by atoms with van der Waals surface area (Å²) in [5.74, 6) is 0.0133. The molecule has 3 aromatic rings. The van der Waals surface area contributed by atoms with E-state index >= 15 is 0 Å². The maximum Gasteiger partial charge on any atom is 0.262 e. The van der Waals surface area contributed by atoms with Gasteiger partial charge in [-0.2, -0.15) is 0 Å². The number of hydrogen-bond acceptors (Lipinski definition) is 4. The van der Waals surface area contributed by atoms with E-state index in [4.69, 9.17) is 27.9 Å². The van der Waals surface area contributed by atoms with Crippen LogP contribution in [0.3, 0.4) is 0 Å². The Labute approximate surface area is 191 Å². The first kappa shape index (κ1) is 22.9. The third-order valence-corrected chi connectivity index (χ3v) is 5.97. The minimum atomic E-state index is -3.49. The van der Waals surface area contributed by atoms with Crippen LogP contribution in [-0.4, -0.2) is 27.2 Å². The van der Waals surface area contributed by atoms with Gasteiger partial charge in [-0.3, -0.25) is 9.10 Å². The molecule has 3 aromatic carbocycles. The molecule has 3 rings (SSSR count). The summed E-state index contributed by atoms with van der Waals surface area (Å²) in [6.07, 6.45) is 1.16. The van der Waals surface area contributed by atoms with Gasteiger partial charge in [0.05, 0.1) is 29.2 Å². The van der Waals surface area contributed by atoms with Gasteiger partial charge >= 0.3 is 0 Å². The first-order valence-corrected chi connectivity index (χ1v) is 11.8. The highest BCUT2D eigenvalue weighted by atomic mass is 35.5. The number of nitrogens with one attached hydrogen (secondary N) is 1. The minimum absolute atomic E-state index is 0.211. The first-order valence-electron chi connectivity index (χ1n) is 9.22. The molecule has 0 aliphatic carbocycles. The molecule has 0 bridgehead atoms. The van der Waals surface area contributed by atoms with Gasteiger partial charge in [0.1, 0.15) is 5.75 Å². The number of hydrogen-bond donors (Lipinski definition) is 1. The molecule has 0 aromatic heterocycles. The van der Waals surface area contributed by atoms with Crippen molar-refractivity contribution >= 4 is 50.5 Å². The molecule has 0 heterocycles. The molecule has 1 amide bonds. The van der Waals surface area contributed by atoms with Crippen LogP contribution in [0.1, 0.15) is 5.56 Å². The lowest BCUT2D eigenvalue weighted by Crippen LogP contribution is -2.29. The summed E-state index contributed by atoms with van der Waals surface area (Å²) in [5, 5.41) is 3.44. The number of sulfonamides is 1. The zero-order chi connectivity index (χ0) is 22.4. The molecule has 9 heteroatoms. The topological polar surface area (TPSA) is 75.7 Å². The number of carbonyl (C=O) groups is 1. The molecule has 162 valence electrons. The summed E-state index contributed by atoms with van der Waals surface area (Å²) in [6, 6.07) is 20.5. The Morgan fingerprint density at radius 1 is 1.00 bits per heavy atom. The third kappa shape index (κ3) is 6.62. The number of amides is 1. The van der Waals surface area contributed by atoms with Crippen LogP contribution in [0.4, 0.5) is 11.4 Å². The molecule has 6 nitrogen and oxygen atoms in total. The molecule has 0 unspecified atom stereocenters. The number of nitrogens with zero attached hydrogens (tertiary/aromatic N) is 1. The van der Waals surface area contributed by atoms with Crippen molar-refractivity contribution in [2.24, 2.45) is 0 Å². The van der Waals surface area contributed by atoms with Gasteiger partial charge in [0.15, 0.2) is 6.61 Å². The molecular formula is C22H20Cl2N2O4S. The quantitative estimate of drug-likeness (QED) is 0.495. The van der Waals surface area contributed by atoms with Crippen molar-refractivity contribution < 1.29 is 17.9 Å². The van der Waals surface area contributed by atoms with E-state index in [2.05, 4.69) is 5.32 Å². The van der Waals surface area contributed by atoms with Gasteiger partial charge < -0.3 is 10.1 Å². The van der Waals surface area contributed by atoms with E-state index in [0.29, 0.717) is 27.2 Å². The van der Waals surface area contributed by atoms with Crippen LogP contribution in [0.5, 0.6) is 5.75 Å². The summed E-state index contributed by atoms with van der Waals surface area (Å²) in [7, 11) is -3.49. The van der Waals surface area contributed by atoms with Crippen molar-refractivity contribution in [3.05, 3.63) is 88.4 Å². The zero-order valence-corrected chi connectivity index (χ0v) is 18.9. The second-order valence-electron chi connectivity index (χ2n) is 6.71. The molecule has 0 spiro atoms. The normalized spacial score (nSPS) is 11.1. The summed E-state index contributed by atoms with van der Waals surface area (Å²) < 4.78 is 31.4. The molecule has 31 heavy (non-hydrogen) atoms. The van der Waals surface area contributed by atoms with E-state index in [-0.39, 0.29) is 13.2 Å². The van der Waals surface area contributed by atoms with Crippen molar-refractivity contribution in [1.29, 1.82) is 0 Å². The Kier molecular flexibility index (Phi) is 7.43. The Morgan fingerprint density at radius 3 is 2.32 bits per heavy atom. The molecule has 0 aliphatic heterocycles. The molecule has 0 atom stereocenters. The van der Waals surface area contributed by atoms with E-state index < -0.39 is 15.9 Å². The molecule has 0 saturated carbocycles. The number of benzene rings is 3. The van der Waals surface area contributed by atoms with Crippen LogP contribution in [0.15, 0.2) is 72.8 Å². The fourth-order valence-corrected chi connectivity index (χ4v) is 4.01.